The zero-order valence-corrected chi connectivity index (χ0v) is 13.1. The average Bonchev–Trinajstić information content (AvgIpc) is 3.17. The van der Waals surface area contributed by atoms with E-state index < -0.39 is 0 Å². The molecule has 23 heavy (non-hydrogen) atoms. The maximum Gasteiger partial charge on any atom is 0.203 e. The van der Waals surface area contributed by atoms with Gasteiger partial charge in [-0.3, -0.25) is 4.68 Å². The molecule has 7 heteroatoms. The Morgan fingerprint density at radius 2 is 2.09 bits per heavy atom. The van der Waals surface area contributed by atoms with Crippen LogP contribution in [-0.4, -0.2) is 30.2 Å². The first kappa shape index (κ1) is 14.2. The molecule has 3 heterocycles. The molecule has 7 nitrogen and oxygen atoms in total. The Labute approximate surface area is 134 Å². The van der Waals surface area contributed by atoms with Crippen LogP contribution in [0, 0.1) is 5.92 Å². The third-order valence-electron chi connectivity index (χ3n) is 4.64. The van der Waals surface area contributed by atoms with Gasteiger partial charge in [-0.15, -0.1) is 5.10 Å². The molecule has 0 saturated heterocycles. The lowest BCUT2D eigenvalue weighted by atomic mass is 9.89. The molecule has 4 rings (SSSR count). The first-order valence-electron chi connectivity index (χ1n) is 8.25. The summed E-state index contributed by atoms with van der Waals surface area (Å²) in [6.45, 7) is 1.03. The summed E-state index contributed by atoms with van der Waals surface area (Å²) in [4.78, 5) is 4.17. The number of fused-ring (bicyclic) bond motifs is 1. The molecule has 1 saturated carbocycles. The Hall–Kier alpha value is -2.44. The molecular formula is C16H21N7. The molecule has 1 aliphatic rings. The van der Waals surface area contributed by atoms with Gasteiger partial charge in [0.25, 0.3) is 0 Å². The minimum absolute atomic E-state index is 0.469. The van der Waals surface area contributed by atoms with Crippen molar-refractivity contribution in [2.45, 2.75) is 45.1 Å². The second kappa shape index (κ2) is 5.98. The normalized spacial score (nSPS) is 16.2. The fourth-order valence-corrected chi connectivity index (χ4v) is 3.51. The van der Waals surface area contributed by atoms with E-state index in [4.69, 9.17) is 5.73 Å². The van der Waals surface area contributed by atoms with Crippen molar-refractivity contribution in [1.29, 1.82) is 0 Å². The summed E-state index contributed by atoms with van der Waals surface area (Å²) in [5.74, 6) is 1.24. The van der Waals surface area contributed by atoms with E-state index in [-0.39, 0.29) is 0 Å². The van der Waals surface area contributed by atoms with Gasteiger partial charge in [0.05, 0.1) is 6.20 Å². The molecule has 0 radical (unpaired) electrons. The lowest BCUT2D eigenvalue weighted by Gasteiger charge is -2.21. The number of nitrogens with zero attached hydrogens (tertiary/aromatic N) is 5. The molecule has 0 aromatic carbocycles. The minimum Gasteiger partial charge on any atom is -0.384 e. The van der Waals surface area contributed by atoms with Crippen LogP contribution in [0.5, 0.6) is 0 Å². The Kier molecular flexibility index (Phi) is 3.69. The molecular weight excluding hydrogens is 290 g/mol. The fraction of sp³-hybridized carbons (Fsp3) is 0.500. The molecule has 1 aliphatic carbocycles. The van der Waals surface area contributed by atoms with Gasteiger partial charge in [-0.1, -0.05) is 19.3 Å². The molecule has 120 valence electrons. The number of hydrogen-bond acceptors (Lipinski definition) is 5. The molecule has 3 N–H and O–H groups in total. The van der Waals surface area contributed by atoms with Crippen LogP contribution in [0.25, 0.3) is 11.2 Å². The number of pyridine rings is 1. The van der Waals surface area contributed by atoms with Crippen LogP contribution >= 0.6 is 0 Å². The number of aromatic nitrogens is 6. The highest BCUT2D eigenvalue weighted by Crippen LogP contribution is 2.25. The van der Waals surface area contributed by atoms with Crippen LogP contribution < -0.4 is 5.73 Å². The number of anilines is 1. The Bertz CT molecular complexity index is 798. The summed E-state index contributed by atoms with van der Waals surface area (Å²) in [6, 6.07) is 1.86. The molecule has 0 atom stereocenters. The number of nitrogens with two attached hydrogens (primary N) is 1. The van der Waals surface area contributed by atoms with Crippen molar-refractivity contribution in [2.24, 2.45) is 5.92 Å². The summed E-state index contributed by atoms with van der Waals surface area (Å²) in [6.07, 6.45) is 11.6. The van der Waals surface area contributed by atoms with Crippen molar-refractivity contribution in [3.8, 4) is 0 Å². The second-order valence-electron chi connectivity index (χ2n) is 6.45. The van der Waals surface area contributed by atoms with Crippen molar-refractivity contribution in [2.75, 3.05) is 5.73 Å². The number of hydrogen-bond donors (Lipinski definition) is 2. The van der Waals surface area contributed by atoms with E-state index >= 15 is 0 Å². The van der Waals surface area contributed by atoms with Crippen LogP contribution in [-0.2, 0) is 13.0 Å². The Balaban J connectivity index is 1.51. The fourth-order valence-electron chi connectivity index (χ4n) is 3.51. The van der Waals surface area contributed by atoms with E-state index in [9.17, 15) is 0 Å². The topological polar surface area (TPSA) is 98.3 Å². The predicted octanol–water partition coefficient (Wildman–Crippen LogP) is 2.30. The van der Waals surface area contributed by atoms with E-state index in [0.717, 1.165) is 35.5 Å². The molecule has 3 aromatic rings. The molecule has 1 fully saturated rings. The van der Waals surface area contributed by atoms with Crippen molar-refractivity contribution in [3.63, 3.8) is 0 Å². The lowest BCUT2D eigenvalue weighted by molar-refractivity contribution is 0.308. The Morgan fingerprint density at radius 1 is 1.22 bits per heavy atom. The first-order valence-corrected chi connectivity index (χ1v) is 8.25. The number of H-pyrrole nitrogens is 1. The quantitative estimate of drug-likeness (QED) is 0.770. The van der Waals surface area contributed by atoms with Gasteiger partial charge in [0.15, 0.2) is 0 Å². The molecule has 0 spiro atoms. The lowest BCUT2D eigenvalue weighted by Crippen LogP contribution is -2.14. The van der Waals surface area contributed by atoms with Gasteiger partial charge in [0.1, 0.15) is 11.3 Å². The third-order valence-corrected chi connectivity index (χ3v) is 4.64. The van der Waals surface area contributed by atoms with E-state index in [1.165, 1.54) is 32.1 Å². The largest absolute Gasteiger partial charge is 0.384 e. The molecule has 0 amide bonds. The monoisotopic (exact) mass is 311 g/mol. The number of nitrogen functional groups attached to an aromatic ring is 1. The maximum atomic E-state index is 5.85. The third kappa shape index (κ3) is 3.04. The standard InChI is InChI=1S/C16H21N7/c17-14-7-13(15-16(19-14)21-22-20-15)6-12-8-18-23(10-12)9-11-4-2-1-3-5-11/h7-8,10-11H,1-6,9H2,(H3,17,19,20,21,22). The van der Waals surface area contributed by atoms with Crippen LogP contribution in [0.4, 0.5) is 5.82 Å². The summed E-state index contributed by atoms with van der Waals surface area (Å²) in [7, 11) is 0. The van der Waals surface area contributed by atoms with Crippen LogP contribution in [0.15, 0.2) is 18.5 Å². The van der Waals surface area contributed by atoms with Gasteiger partial charge in [-0.25, -0.2) is 4.98 Å². The maximum absolute atomic E-state index is 5.85. The summed E-state index contributed by atoms with van der Waals surface area (Å²) in [5.41, 5.74) is 9.38. The zero-order valence-electron chi connectivity index (χ0n) is 13.1. The van der Waals surface area contributed by atoms with Crippen molar-refractivity contribution in [1.82, 2.24) is 30.2 Å². The van der Waals surface area contributed by atoms with Gasteiger partial charge >= 0.3 is 0 Å². The summed E-state index contributed by atoms with van der Waals surface area (Å²) >= 11 is 0. The zero-order chi connectivity index (χ0) is 15.6. The number of rotatable bonds is 4. The van der Waals surface area contributed by atoms with Crippen molar-refractivity contribution >= 4 is 17.0 Å². The van der Waals surface area contributed by atoms with Gasteiger partial charge in [0, 0.05) is 19.2 Å². The number of nitrogens with one attached hydrogen (secondary N) is 1. The van der Waals surface area contributed by atoms with E-state index in [0.29, 0.717) is 11.5 Å². The van der Waals surface area contributed by atoms with Crippen LogP contribution in [0.2, 0.25) is 0 Å². The Morgan fingerprint density at radius 3 is 2.96 bits per heavy atom. The molecule has 0 bridgehead atoms. The van der Waals surface area contributed by atoms with Crippen LogP contribution in [0.3, 0.4) is 0 Å². The van der Waals surface area contributed by atoms with Gasteiger partial charge in [-0.2, -0.15) is 15.4 Å². The van der Waals surface area contributed by atoms with Crippen molar-refractivity contribution < 1.29 is 0 Å². The van der Waals surface area contributed by atoms with Gasteiger partial charge in [0.2, 0.25) is 5.65 Å². The average molecular weight is 311 g/mol. The first-order chi connectivity index (χ1) is 11.3. The van der Waals surface area contributed by atoms with Gasteiger partial charge in [-0.05, 0) is 36.0 Å². The van der Waals surface area contributed by atoms with E-state index in [2.05, 4.69) is 36.4 Å². The van der Waals surface area contributed by atoms with Crippen molar-refractivity contribution in [3.05, 3.63) is 29.6 Å². The minimum atomic E-state index is 0.469. The highest BCUT2D eigenvalue weighted by atomic mass is 15.3. The smallest absolute Gasteiger partial charge is 0.203 e. The van der Waals surface area contributed by atoms with Gasteiger partial charge < -0.3 is 5.73 Å². The van der Waals surface area contributed by atoms with E-state index in [1.807, 2.05) is 12.3 Å². The van der Waals surface area contributed by atoms with E-state index in [1.54, 1.807) is 0 Å². The number of aromatic amines is 1. The SMILES string of the molecule is Nc1cc(Cc2cnn(CC3CCCCC3)c2)c2n[nH]nc2n1. The second-order valence-corrected chi connectivity index (χ2v) is 6.45. The molecule has 3 aromatic heterocycles. The molecule has 0 unspecified atom stereocenters. The highest BCUT2D eigenvalue weighted by Gasteiger charge is 2.15. The highest BCUT2D eigenvalue weighted by molar-refractivity contribution is 5.76. The molecule has 0 aliphatic heterocycles. The summed E-state index contributed by atoms with van der Waals surface area (Å²) in [5, 5.41) is 15.3. The summed E-state index contributed by atoms with van der Waals surface area (Å²) < 4.78 is 2.08. The van der Waals surface area contributed by atoms with Crippen LogP contribution in [0.1, 0.15) is 43.2 Å². The predicted molar refractivity (Wildman–Crippen MR) is 87.7 cm³/mol.